The number of amides is 2. The van der Waals surface area contributed by atoms with Gasteiger partial charge < -0.3 is 15.4 Å². The highest BCUT2D eigenvalue weighted by atomic mass is 19.1. The minimum absolute atomic E-state index is 0.322. The van der Waals surface area contributed by atoms with Gasteiger partial charge in [0.1, 0.15) is 5.60 Å². The normalized spacial score (nSPS) is 19.3. The number of primary amides is 1. The highest BCUT2D eigenvalue weighted by Gasteiger charge is 2.51. The number of carbonyl (C=O) groups is 2. The molecule has 6 heteroatoms. The van der Waals surface area contributed by atoms with Gasteiger partial charge in [0.2, 0.25) is 5.67 Å². The summed E-state index contributed by atoms with van der Waals surface area (Å²) < 4.78 is 18.3. The molecule has 1 heterocycles. The smallest absolute Gasteiger partial charge is 0.410 e. The Morgan fingerprint density at radius 1 is 1.40 bits per heavy atom. The van der Waals surface area contributed by atoms with E-state index in [0.29, 0.717) is 0 Å². The fraction of sp³-hybridized carbons (Fsp3) is 0.778. The van der Waals surface area contributed by atoms with Crippen LogP contribution < -0.4 is 5.73 Å². The maximum Gasteiger partial charge on any atom is 0.410 e. The van der Waals surface area contributed by atoms with Crippen LogP contribution in [0.5, 0.6) is 0 Å². The number of hydrogen-bond acceptors (Lipinski definition) is 3. The number of halogens is 1. The van der Waals surface area contributed by atoms with Crippen LogP contribution in [-0.2, 0) is 9.53 Å². The van der Waals surface area contributed by atoms with Crippen LogP contribution in [0, 0.1) is 0 Å². The lowest BCUT2D eigenvalue weighted by Crippen LogP contribution is -2.67. The Morgan fingerprint density at radius 3 is 2.20 bits per heavy atom. The van der Waals surface area contributed by atoms with Crippen LogP contribution in [0.2, 0.25) is 0 Å². The lowest BCUT2D eigenvalue weighted by Gasteiger charge is -2.42. The van der Waals surface area contributed by atoms with Crippen LogP contribution in [-0.4, -0.2) is 41.3 Å². The maximum absolute atomic E-state index is 13.3. The Kier molecular flexibility index (Phi) is 2.63. The van der Waals surface area contributed by atoms with Crippen molar-refractivity contribution in [1.29, 1.82) is 0 Å². The van der Waals surface area contributed by atoms with Gasteiger partial charge in [-0.3, -0.25) is 4.79 Å². The van der Waals surface area contributed by atoms with Gasteiger partial charge in [0.05, 0.1) is 13.1 Å². The highest BCUT2D eigenvalue weighted by molar-refractivity contribution is 5.87. The molecule has 0 atom stereocenters. The van der Waals surface area contributed by atoms with Gasteiger partial charge in [-0.25, -0.2) is 9.18 Å². The zero-order valence-electron chi connectivity index (χ0n) is 9.04. The molecule has 0 aliphatic carbocycles. The first kappa shape index (κ1) is 11.7. The molecule has 0 saturated carbocycles. The molecule has 0 radical (unpaired) electrons. The van der Waals surface area contributed by atoms with E-state index in [1.54, 1.807) is 20.8 Å². The number of rotatable bonds is 1. The number of likely N-dealkylation sites (tertiary alicyclic amines) is 1. The number of nitrogens with two attached hydrogens (primary N) is 1. The van der Waals surface area contributed by atoms with Gasteiger partial charge in [0.15, 0.2) is 0 Å². The average Bonchev–Trinajstić information content (AvgIpc) is 1.94. The predicted octanol–water partition coefficient (Wildman–Crippen LogP) is 0.431. The van der Waals surface area contributed by atoms with Gasteiger partial charge in [-0.2, -0.15) is 0 Å². The van der Waals surface area contributed by atoms with Crippen molar-refractivity contribution in [2.75, 3.05) is 13.1 Å². The summed E-state index contributed by atoms with van der Waals surface area (Å²) in [6.07, 6.45) is -0.628. The minimum atomic E-state index is -2.09. The van der Waals surface area contributed by atoms with Crippen molar-refractivity contribution in [2.45, 2.75) is 32.0 Å². The van der Waals surface area contributed by atoms with Gasteiger partial charge >= 0.3 is 6.09 Å². The molecular formula is C9H15FN2O3. The molecule has 0 aromatic heterocycles. The van der Waals surface area contributed by atoms with Crippen molar-refractivity contribution in [3.63, 3.8) is 0 Å². The molecule has 0 spiro atoms. The van der Waals surface area contributed by atoms with Gasteiger partial charge in [0, 0.05) is 0 Å². The lowest BCUT2D eigenvalue weighted by atomic mass is 9.96. The monoisotopic (exact) mass is 218 g/mol. The summed E-state index contributed by atoms with van der Waals surface area (Å²) in [6.45, 7) is 4.49. The van der Waals surface area contributed by atoms with Gasteiger partial charge in [-0.15, -0.1) is 0 Å². The van der Waals surface area contributed by atoms with Crippen LogP contribution >= 0.6 is 0 Å². The Labute approximate surface area is 87.4 Å². The molecule has 5 nitrogen and oxygen atoms in total. The van der Waals surface area contributed by atoms with Crippen LogP contribution in [0.1, 0.15) is 20.8 Å². The van der Waals surface area contributed by atoms with E-state index < -0.39 is 23.3 Å². The lowest BCUT2D eigenvalue weighted by molar-refractivity contribution is -0.140. The van der Waals surface area contributed by atoms with Crippen molar-refractivity contribution >= 4 is 12.0 Å². The topological polar surface area (TPSA) is 72.6 Å². The summed E-state index contributed by atoms with van der Waals surface area (Å²) in [5, 5.41) is 0. The molecular weight excluding hydrogens is 203 g/mol. The molecule has 2 N–H and O–H groups in total. The first-order chi connectivity index (χ1) is 6.64. The zero-order chi connectivity index (χ0) is 11.9. The van der Waals surface area contributed by atoms with Crippen LogP contribution in [0.3, 0.4) is 0 Å². The molecule has 1 aliphatic heterocycles. The molecule has 0 aromatic carbocycles. The Balaban J connectivity index is 2.46. The van der Waals surface area contributed by atoms with Gasteiger partial charge in [-0.05, 0) is 20.8 Å². The standard InChI is InChI=1S/C9H15FN2O3/c1-8(2,3)15-7(14)12-4-9(10,5-12)6(11)13/h4-5H2,1-3H3,(H2,11,13). The fourth-order valence-electron chi connectivity index (χ4n) is 1.17. The summed E-state index contributed by atoms with van der Waals surface area (Å²) in [6, 6.07) is 0. The van der Waals surface area contributed by atoms with Gasteiger partial charge in [0.25, 0.3) is 5.91 Å². The molecule has 15 heavy (non-hydrogen) atoms. The summed E-state index contributed by atoms with van der Waals surface area (Å²) in [7, 11) is 0. The van der Waals surface area contributed by atoms with E-state index >= 15 is 0 Å². The molecule has 1 aliphatic rings. The van der Waals surface area contributed by atoms with E-state index in [9.17, 15) is 14.0 Å². The average molecular weight is 218 g/mol. The molecule has 0 unspecified atom stereocenters. The van der Waals surface area contributed by atoms with E-state index in [-0.39, 0.29) is 13.1 Å². The molecule has 0 aromatic rings. The highest BCUT2D eigenvalue weighted by Crippen LogP contribution is 2.26. The second-order valence-electron chi connectivity index (χ2n) is 4.67. The third-order valence-electron chi connectivity index (χ3n) is 1.98. The van der Waals surface area contributed by atoms with Crippen molar-refractivity contribution in [3.8, 4) is 0 Å². The number of carbonyl (C=O) groups excluding carboxylic acids is 2. The first-order valence-electron chi connectivity index (χ1n) is 4.61. The van der Waals surface area contributed by atoms with Crippen LogP contribution in [0.15, 0.2) is 0 Å². The van der Waals surface area contributed by atoms with E-state index in [0.717, 1.165) is 4.90 Å². The summed E-state index contributed by atoms with van der Waals surface area (Å²) in [5.74, 6) is -1.04. The largest absolute Gasteiger partial charge is 0.444 e. The fourth-order valence-corrected chi connectivity index (χ4v) is 1.17. The Morgan fingerprint density at radius 2 is 1.87 bits per heavy atom. The predicted molar refractivity (Wildman–Crippen MR) is 50.8 cm³/mol. The Hall–Kier alpha value is -1.33. The van der Waals surface area contributed by atoms with E-state index in [2.05, 4.69) is 0 Å². The van der Waals surface area contributed by atoms with Gasteiger partial charge in [-0.1, -0.05) is 0 Å². The number of hydrogen-bond donors (Lipinski definition) is 1. The number of nitrogens with zero attached hydrogens (tertiary/aromatic N) is 1. The second-order valence-corrected chi connectivity index (χ2v) is 4.67. The minimum Gasteiger partial charge on any atom is -0.444 e. The molecule has 1 rings (SSSR count). The molecule has 1 saturated heterocycles. The van der Waals surface area contributed by atoms with E-state index in [1.807, 2.05) is 0 Å². The molecule has 1 fully saturated rings. The summed E-state index contributed by atoms with van der Waals surface area (Å²) in [5.41, 5.74) is 2.12. The van der Waals surface area contributed by atoms with Crippen LogP contribution in [0.25, 0.3) is 0 Å². The summed E-state index contributed by atoms with van der Waals surface area (Å²) >= 11 is 0. The third kappa shape index (κ3) is 2.57. The van der Waals surface area contributed by atoms with Crippen molar-refractivity contribution in [2.24, 2.45) is 5.73 Å². The van der Waals surface area contributed by atoms with Crippen molar-refractivity contribution in [3.05, 3.63) is 0 Å². The maximum atomic E-state index is 13.3. The summed E-state index contributed by atoms with van der Waals surface area (Å²) in [4.78, 5) is 23.1. The number of ether oxygens (including phenoxy) is 1. The third-order valence-corrected chi connectivity index (χ3v) is 1.98. The second kappa shape index (κ2) is 3.36. The molecule has 0 bridgehead atoms. The number of alkyl halides is 1. The first-order valence-corrected chi connectivity index (χ1v) is 4.61. The zero-order valence-corrected chi connectivity index (χ0v) is 9.04. The van der Waals surface area contributed by atoms with E-state index in [1.165, 1.54) is 0 Å². The molecule has 86 valence electrons. The SMILES string of the molecule is CC(C)(C)OC(=O)N1CC(F)(C(N)=O)C1. The van der Waals surface area contributed by atoms with E-state index in [4.69, 9.17) is 10.5 Å². The van der Waals surface area contributed by atoms with Crippen molar-refractivity contribution in [1.82, 2.24) is 4.90 Å². The van der Waals surface area contributed by atoms with Crippen LogP contribution in [0.4, 0.5) is 9.18 Å². The quantitative estimate of drug-likeness (QED) is 0.693. The van der Waals surface area contributed by atoms with Crippen molar-refractivity contribution < 1.29 is 18.7 Å². The molecule has 2 amide bonds. The Bertz CT molecular complexity index is 292.